The number of hydrogen-bond donors (Lipinski definition) is 2. The molecule has 0 saturated heterocycles. The lowest BCUT2D eigenvalue weighted by molar-refractivity contribution is -0.120. The van der Waals surface area contributed by atoms with Crippen molar-refractivity contribution in [2.24, 2.45) is 5.92 Å². The lowest BCUT2D eigenvalue weighted by atomic mass is 10.1. The Kier molecular flexibility index (Phi) is 7.73. The maximum Gasteiger partial charge on any atom is 0.221 e. The number of ether oxygens (including phenoxy) is 1. The monoisotopic (exact) mass is 278 g/mol. The van der Waals surface area contributed by atoms with Gasteiger partial charge in [-0.05, 0) is 30.5 Å². The summed E-state index contributed by atoms with van der Waals surface area (Å²) in [5.74, 6) is 1.58. The summed E-state index contributed by atoms with van der Waals surface area (Å²) in [6.07, 6.45) is 1.31. The van der Waals surface area contributed by atoms with Crippen LogP contribution in [0.4, 0.5) is 0 Å². The van der Waals surface area contributed by atoms with Crippen LogP contribution in [0.3, 0.4) is 0 Å². The molecular formula is C16H26N2O2. The van der Waals surface area contributed by atoms with Gasteiger partial charge in [0.2, 0.25) is 5.91 Å². The van der Waals surface area contributed by atoms with Crippen molar-refractivity contribution in [2.75, 3.05) is 26.7 Å². The van der Waals surface area contributed by atoms with Crippen LogP contribution in [-0.4, -0.2) is 32.7 Å². The predicted octanol–water partition coefficient (Wildman–Crippen LogP) is 1.99. The molecule has 0 atom stereocenters. The fraction of sp³-hybridized carbons (Fsp3) is 0.562. The van der Waals surface area contributed by atoms with Crippen LogP contribution in [-0.2, 0) is 11.2 Å². The second-order valence-corrected chi connectivity index (χ2v) is 5.26. The SMILES string of the molecule is COc1ccccc1CCNC(=O)CCNCC(C)C. The van der Waals surface area contributed by atoms with Crippen molar-refractivity contribution in [2.45, 2.75) is 26.7 Å². The summed E-state index contributed by atoms with van der Waals surface area (Å²) in [5, 5.41) is 6.20. The Bertz CT molecular complexity index is 405. The van der Waals surface area contributed by atoms with E-state index in [1.165, 1.54) is 0 Å². The molecule has 0 aliphatic carbocycles. The number of hydrogen-bond acceptors (Lipinski definition) is 3. The van der Waals surface area contributed by atoms with E-state index < -0.39 is 0 Å². The van der Waals surface area contributed by atoms with Crippen LogP contribution in [0.1, 0.15) is 25.8 Å². The molecule has 2 N–H and O–H groups in total. The minimum Gasteiger partial charge on any atom is -0.496 e. The van der Waals surface area contributed by atoms with Crippen molar-refractivity contribution in [1.82, 2.24) is 10.6 Å². The van der Waals surface area contributed by atoms with E-state index in [0.29, 0.717) is 18.9 Å². The van der Waals surface area contributed by atoms with Gasteiger partial charge in [0, 0.05) is 19.5 Å². The van der Waals surface area contributed by atoms with Gasteiger partial charge in [-0.3, -0.25) is 4.79 Å². The highest BCUT2D eigenvalue weighted by Crippen LogP contribution is 2.17. The standard InChI is InChI=1S/C16H26N2O2/c1-13(2)12-17-10-9-16(19)18-11-8-14-6-4-5-7-15(14)20-3/h4-7,13,17H,8-12H2,1-3H3,(H,18,19). The molecule has 0 bridgehead atoms. The highest BCUT2D eigenvalue weighted by atomic mass is 16.5. The molecule has 20 heavy (non-hydrogen) atoms. The maximum atomic E-state index is 11.7. The molecular weight excluding hydrogens is 252 g/mol. The third-order valence-electron chi connectivity index (χ3n) is 2.99. The van der Waals surface area contributed by atoms with Gasteiger partial charge in [0.15, 0.2) is 0 Å². The van der Waals surface area contributed by atoms with Crippen molar-refractivity contribution in [3.05, 3.63) is 29.8 Å². The van der Waals surface area contributed by atoms with Crippen molar-refractivity contribution in [3.8, 4) is 5.75 Å². The van der Waals surface area contributed by atoms with E-state index in [0.717, 1.165) is 30.8 Å². The Hall–Kier alpha value is -1.55. The lowest BCUT2D eigenvalue weighted by Crippen LogP contribution is -2.30. The van der Waals surface area contributed by atoms with Crippen LogP contribution in [0.2, 0.25) is 0 Å². The Morgan fingerprint density at radius 1 is 1.25 bits per heavy atom. The molecule has 0 unspecified atom stereocenters. The van der Waals surface area contributed by atoms with Crippen molar-refractivity contribution >= 4 is 5.91 Å². The van der Waals surface area contributed by atoms with Crippen molar-refractivity contribution in [1.29, 1.82) is 0 Å². The van der Waals surface area contributed by atoms with Gasteiger partial charge in [-0.25, -0.2) is 0 Å². The highest BCUT2D eigenvalue weighted by Gasteiger charge is 2.04. The number of amides is 1. The minimum absolute atomic E-state index is 0.0937. The number of nitrogens with one attached hydrogen (secondary N) is 2. The van der Waals surface area contributed by atoms with Crippen LogP contribution in [0.25, 0.3) is 0 Å². The molecule has 0 aromatic heterocycles. The lowest BCUT2D eigenvalue weighted by Gasteiger charge is -2.10. The predicted molar refractivity (Wildman–Crippen MR) is 82.0 cm³/mol. The van der Waals surface area contributed by atoms with E-state index in [-0.39, 0.29) is 5.91 Å². The Balaban J connectivity index is 2.18. The summed E-state index contributed by atoms with van der Waals surface area (Å²) < 4.78 is 5.28. The average Bonchev–Trinajstić information content (AvgIpc) is 2.44. The zero-order valence-corrected chi connectivity index (χ0v) is 12.7. The summed E-state index contributed by atoms with van der Waals surface area (Å²) >= 11 is 0. The average molecular weight is 278 g/mol. The quantitative estimate of drug-likeness (QED) is 0.679. The van der Waals surface area contributed by atoms with Crippen LogP contribution in [0, 0.1) is 5.92 Å². The molecule has 0 heterocycles. The summed E-state index contributed by atoms with van der Waals surface area (Å²) in [6, 6.07) is 7.89. The summed E-state index contributed by atoms with van der Waals surface area (Å²) in [4.78, 5) is 11.7. The van der Waals surface area contributed by atoms with Gasteiger partial charge in [-0.2, -0.15) is 0 Å². The van der Waals surface area contributed by atoms with Gasteiger partial charge in [0.25, 0.3) is 0 Å². The topological polar surface area (TPSA) is 50.4 Å². The summed E-state index contributed by atoms with van der Waals surface area (Å²) in [5.41, 5.74) is 1.12. The van der Waals surface area contributed by atoms with Gasteiger partial charge in [-0.15, -0.1) is 0 Å². The summed E-state index contributed by atoms with van der Waals surface area (Å²) in [7, 11) is 1.66. The van der Waals surface area contributed by atoms with Gasteiger partial charge in [-0.1, -0.05) is 32.0 Å². The first-order valence-corrected chi connectivity index (χ1v) is 7.22. The van der Waals surface area contributed by atoms with Crippen LogP contribution in [0.15, 0.2) is 24.3 Å². The van der Waals surface area contributed by atoms with Gasteiger partial charge < -0.3 is 15.4 Å². The zero-order valence-electron chi connectivity index (χ0n) is 12.7. The van der Waals surface area contributed by atoms with E-state index in [1.807, 2.05) is 24.3 Å². The molecule has 0 fully saturated rings. The molecule has 1 amide bonds. The van der Waals surface area contributed by atoms with Crippen LogP contribution in [0.5, 0.6) is 5.75 Å². The fourth-order valence-electron chi connectivity index (χ4n) is 1.93. The molecule has 0 saturated carbocycles. The molecule has 1 aromatic carbocycles. The first-order chi connectivity index (χ1) is 9.63. The smallest absolute Gasteiger partial charge is 0.221 e. The Labute approximate surface area is 121 Å². The molecule has 0 radical (unpaired) electrons. The molecule has 0 aliphatic heterocycles. The first kappa shape index (κ1) is 16.5. The number of para-hydroxylation sites is 1. The molecule has 4 nitrogen and oxygen atoms in total. The maximum absolute atomic E-state index is 11.7. The normalized spacial score (nSPS) is 10.6. The Morgan fingerprint density at radius 3 is 2.70 bits per heavy atom. The van der Waals surface area contributed by atoms with E-state index in [1.54, 1.807) is 7.11 Å². The largest absolute Gasteiger partial charge is 0.496 e. The number of carbonyl (C=O) groups is 1. The molecule has 1 rings (SSSR count). The third kappa shape index (κ3) is 6.57. The van der Waals surface area contributed by atoms with Gasteiger partial charge in [0.1, 0.15) is 5.75 Å². The Morgan fingerprint density at radius 2 is 2.00 bits per heavy atom. The van der Waals surface area contributed by atoms with Crippen LogP contribution >= 0.6 is 0 Å². The molecule has 0 spiro atoms. The first-order valence-electron chi connectivity index (χ1n) is 7.22. The van der Waals surface area contributed by atoms with Gasteiger partial charge in [0.05, 0.1) is 7.11 Å². The van der Waals surface area contributed by atoms with Gasteiger partial charge >= 0.3 is 0 Å². The second kappa shape index (κ2) is 9.37. The van der Waals surface area contributed by atoms with E-state index >= 15 is 0 Å². The minimum atomic E-state index is 0.0937. The zero-order chi connectivity index (χ0) is 14.8. The summed E-state index contributed by atoms with van der Waals surface area (Å²) in [6.45, 7) is 6.64. The second-order valence-electron chi connectivity index (χ2n) is 5.26. The van der Waals surface area contributed by atoms with E-state index in [4.69, 9.17) is 4.74 Å². The molecule has 0 aliphatic rings. The van der Waals surface area contributed by atoms with Crippen molar-refractivity contribution in [3.63, 3.8) is 0 Å². The highest BCUT2D eigenvalue weighted by molar-refractivity contribution is 5.76. The van der Waals surface area contributed by atoms with Crippen molar-refractivity contribution < 1.29 is 9.53 Å². The molecule has 4 heteroatoms. The third-order valence-corrected chi connectivity index (χ3v) is 2.99. The number of rotatable bonds is 9. The van der Waals surface area contributed by atoms with Crippen LogP contribution < -0.4 is 15.4 Å². The van der Waals surface area contributed by atoms with E-state index in [9.17, 15) is 4.79 Å². The number of benzene rings is 1. The molecule has 112 valence electrons. The van der Waals surface area contributed by atoms with E-state index in [2.05, 4.69) is 24.5 Å². The molecule has 1 aromatic rings. The fourth-order valence-corrected chi connectivity index (χ4v) is 1.93. The number of carbonyl (C=O) groups excluding carboxylic acids is 1. The number of methoxy groups -OCH3 is 1.